The van der Waals surface area contributed by atoms with E-state index in [0.717, 1.165) is 0 Å². The molecule has 20 heavy (non-hydrogen) atoms. The van der Waals surface area contributed by atoms with E-state index in [2.05, 4.69) is 4.74 Å². The normalized spacial score (nSPS) is 11.2. The van der Waals surface area contributed by atoms with Gasteiger partial charge in [-0.25, -0.2) is 0 Å². The second-order valence-corrected chi connectivity index (χ2v) is 4.30. The van der Waals surface area contributed by atoms with Gasteiger partial charge in [0.15, 0.2) is 6.29 Å². The Morgan fingerprint density at radius 3 is 2.25 bits per heavy atom. The van der Waals surface area contributed by atoms with Crippen LogP contribution in [0.5, 0.6) is 5.75 Å². The Kier molecular flexibility index (Phi) is 3.99. The summed E-state index contributed by atoms with van der Waals surface area (Å²) in [5.74, 6) is -0.332. The number of hydrogen-bond donors (Lipinski definition) is 0. The largest absolute Gasteiger partial charge is 0.573 e. The quantitative estimate of drug-likeness (QED) is 0.767. The topological polar surface area (TPSA) is 26.3 Å². The lowest BCUT2D eigenvalue weighted by Crippen LogP contribution is -2.16. The van der Waals surface area contributed by atoms with E-state index in [1.165, 1.54) is 24.3 Å². The highest BCUT2D eigenvalue weighted by Crippen LogP contribution is 2.32. The Balaban J connectivity index is 2.38. The first-order valence-corrected chi connectivity index (χ1v) is 5.88. The third-order valence-electron chi connectivity index (χ3n) is 2.55. The molecule has 0 aliphatic rings. The standard InChI is InChI=1S/C14H8ClF3O2/c15-12-3-1-2-10(8-19)13(12)9-4-6-11(7-5-9)20-14(16,17)18/h1-8H. The fraction of sp³-hybridized carbons (Fsp3) is 0.0714. The maximum absolute atomic E-state index is 12.1. The number of carbonyl (C=O) groups is 1. The Morgan fingerprint density at radius 2 is 1.70 bits per heavy atom. The first-order chi connectivity index (χ1) is 9.40. The van der Waals surface area contributed by atoms with E-state index < -0.39 is 6.36 Å². The zero-order chi connectivity index (χ0) is 14.8. The van der Waals surface area contributed by atoms with Gasteiger partial charge in [-0.05, 0) is 23.8 Å². The summed E-state index contributed by atoms with van der Waals surface area (Å²) in [7, 11) is 0. The number of alkyl halides is 3. The molecule has 0 saturated heterocycles. The van der Waals surface area contributed by atoms with Crippen LogP contribution in [0.4, 0.5) is 13.2 Å². The third-order valence-corrected chi connectivity index (χ3v) is 2.86. The summed E-state index contributed by atoms with van der Waals surface area (Å²) in [6.45, 7) is 0. The molecule has 0 N–H and O–H groups in total. The maximum Gasteiger partial charge on any atom is 0.573 e. The summed E-state index contributed by atoms with van der Waals surface area (Å²) >= 11 is 6.02. The summed E-state index contributed by atoms with van der Waals surface area (Å²) in [6.07, 6.45) is -4.10. The van der Waals surface area contributed by atoms with E-state index in [1.807, 2.05) is 0 Å². The molecule has 0 bridgehead atoms. The first-order valence-electron chi connectivity index (χ1n) is 5.50. The van der Waals surface area contributed by atoms with Crippen LogP contribution in [-0.2, 0) is 0 Å². The summed E-state index contributed by atoms with van der Waals surface area (Å²) in [4.78, 5) is 11.0. The van der Waals surface area contributed by atoms with E-state index in [1.54, 1.807) is 18.2 Å². The Labute approximate surface area is 117 Å². The van der Waals surface area contributed by atoms with E-state index in [9.17, 15) is 18.0 Å². The number of aldehydes is 1. The van der Waals surface area contributed by atoms with Gasteiger partial charge in [-0.2, -0.15) is 0 Å². The van der Waals surface area contributed by atoms with Gasteiger partial charge < -0.3 is 4.74 Å². The highest BCUT2D eigenvalue weighted by atomic mass is 35.5. The minimum atomic E-state index is -4.74. The fourth-order valence-electron chi connectivity index (χ4n) is 1.77. The van der Waals surface area contributed by atoms with Crippen molar-refractivity contribution in [1.29, 1.82) is 0 Å². The van der Waals surface area contributed by atoms with Gasteiger partial charge in [0, 0.05) is 16.1 Å². The lowest BCUT2D eigenvalue weighted by Gasteiger charge is -2.11. The van der Waals surface area contributed by atoms with Gasteiger partial charge in [0.25, 0.3) is 0 Å². The van der Waals surface area contributed by atoms with Crippen molar-refractivity contribution in [2.24, 2.45) is 0 Å². The molecule has 0 heterocycles. The van der Waals surface area contributed by atoms with Crippen molar-refractivity contribution in [2.75, 3.05) is 0 Å². The van der Waals surface area contributed by atoms with Crippen LogP contribution in [0.25, 0.3) is 11.1 Å². The van der Waals surface area contributed by atoms with Crippen LogP contribution in [0.15, 0.2) is 42.5 Å². The van der Waals surface area contributed by atoms with Gasteiger partial charge in [-0.15, -0.1) is 13.2 Å². The van der Waals surface area contributed by atoms with E-state index in [4.69, 9.17) is 11.6 Å². The molecule has 0 aliphatic carbocycles. The van der Waals surface area contributed by atoms with Gasteiger partial charge in [-0.3, -0.25) is 4.79 Å². The zero-order valence-electron chi connectivity index (χ0n) is 9.95. The number of benzene rings is 2. The number of ether oxygens (including phenoxy) is 1. The van der Waals surface area contributed by atoms with Gasteiger partial charge in [-0.1, -0.05) is 35.9 Å². The van der Waals surface area contributed by atoms with Crippen LogP contribution in [0.3, 0.4) is 0 Å². The molecule has 0 radical (unpaired) electrons. The van der Waals surface area contributed by atoms with Crippen LogP contribution >= 0.6 is 11.6 Å². The molecule has 6 heteroatoms. The second-order valence-electron chi connectivity index (χ2n) is 3.89. The molecule has 0 saturated carbocycles. The van der Waals surface area contributed by atoms with Crippen LogP contribution in [0.2, 0.25) is 5.02 Å². The predicted molar refractivity (Wildman–Crippen MR) is 69.0 cm³/mol. The Hall–Kier alpha value is -2.01. The van der Waals surface area contributed by atoms with Crippen LogP contribution in [-0.4, -0.2) is 12.6 Å². The molecule has 2 nitrogen and oxygen atoms in total. The minimum absolute atomic E-state index is 0.332. The molecule has 0 spiro atoms. The van der Waals surface area contributed by atoms with Gasteiger partial charge in [0.05, 0.1) is 0 Å². The van der Waals surface area contributed by atoms with Crippen molar-refractivity contribution in [3.05, 3.63) is 53.1 Å². The zero-order valence-corrected chi connectivity index (χ0v) is 10.7. The van der Waals surface area contributed by atoms with Crippen molar-refractivity contribution in [3.8, 4) is 16.9 Å². The molecule has 104 valence electrons. The molecule has 2 rings (SSSR count). The van der Waals surface area contributed by atoms with Crippen molar-refractivity contribution < 1.29 is 22.7 Å². The van der Waals surface area contributed by atoms with E-state index in [-0.39, 0.29) is 5.75 Å². The van der Waals surface area contributed by atoms with E-state index >= 15 is 0 Å². The Morgan fingerprint density at radius 1 is 1.05 bits per heavy atom. The van der Waals surface area contributed by atoms with Crippen molar-refractivity contribution in [3.63, 3.8) is 0 Å². The highest BCUT2D eigenvalue weighted by Gasteiger charge is 2.31. The maximum atomic E-state index is 12.1. The molecule has 0 aromatic heterocycles. The molecule has 0 aliphatic heterocycles. The minimum Gasteiger partial charge on any atom is -0.406 e. The van der Waals surface area contributed by atoms with Crippen molar-refractivity contribution in [2.45, 2.75) is 6.36 Å². The van der Waals surface area contributed by atoms with Gasteiger partial charge >= 0.3 is 6.36 Å². The average molecular weight is 301 g/mol. The second kappa shape index (κ2) is 5.54. The first kappa shape index (κ1) is 14.4. The monoisotopic (exact) mass is 300 g/mol. The number of carbonyl (C=O) groups excluding carboxylic acids is 1. The SMILES string of the molecule is O=Cc1cccc(Cl)c1-c1ccc(OC(F)(F)F)cc1. The molecule has 0 fully saturated rings. The van der Waals surface area contributed by atoms with Gasteiger partial charge in [0.2, 0.25) is 0 Å². The number of halogens is 4. The summed E-state index contributed by atoms with van der Waals surface area (Å²) in [5, 5.41) is 0.346. The van der Waals surface area contributed by atoms with Crippen LogP contribution in [0.1, 0.15) is 10.4 Å². The van der Waals surface area contributed by atoms with E-state index in [0.29, 0.717) is 28.0 Å². The predicted octanol–water partition coefficient (Wildman–Crippen LogP) is 4.72. The average Bonchev–Trinajstić information content (AvgIpc) is 2.38. The molecular weight excluding hydrogens is 293 g/mol. The summed E-state index contributed by atoms with van der Waals surface area (Å²) in [5.41, 5.74) is 1.37. The van der Waals surface area contributed by atoms with Crippen molar-refractivity contribution >= 4 is 17.9 Å². The fourth-order valence-corrected chi connectivity index (χ4v) is 2.06. The van der Waals surface area contributed by atoms with Crippen molar-refractivity contribution in [1.82, 2.24) is 0 Å². The smallest absolute Gasteiger partial charge is 0.406 e. The molecule has 0 unspecified atom stereocenters. The van der Waals surface area contributed by atoms with Gasteiger partial charge in [0.1, 0.15) is 5.75 Å². The third kappa shape index (κ3) is 3.30. The molecular formula is C14H8ClF3O2. The molecule has 0 atom stereocenters. The number of hydrogen-bond acceptors (Lipinski definition) is 2. The number of rotatable bonds is 3. The molecule has 0 amide bonds. The van der Waals surface area contributed by atoms with Crippen LogP contribution in [0, 0.1) is 0 Å². The lowest BCUT2D eigenvalue weighted by atomic mass is 10.0. The van der Waals surface area contributed by atoms with Crippen LogP contribution < -0.4 is 4.74 Å². The lowest BCUT2D eigenvalue weighted by molar-refractivity contribution is -0.274. The molecule has 2 aromatic carbocycles. The summed E-state index contributed by atoms with van der Waals surface area (Å²) < 4.78 is 40.0. The summed E-state index contributed by atoms with van der Waals surface area (Å²) in [6, 6.07) is 9.96. The Bertz CT molecular complexity index is 621. The highest BCUT2D eigenvalue weighted by molar-refractivity contribution is 6.34. The molecule has 2 aromatic rings.